The minimum Gasteiger partial charge on any atom is -0.442 e. The van der Waals surface area contributed by atoms with E-state index in [0.717, 1.165) is 6.20 Å². The zero-order valence-corrected chi connectivity index (χ0v) is 17.2. The Bertz CT molecular complexity index is 942. The van der Waals surface area contributed by atoms with E-state index in [4.69, 9.17) is 4.74 Å². The minimum absolute atomic E-state index is 0.0667. The van der Waals surface area contributed by atoms with Gasteiger partial charge in [-0.2, -0.15) is 0 Å². The molecule has 0 spiro atoms. The van der Waals surface area contributed by atoms with Crippen LogP contribution in [0.3, 0.4) is 0 Å². The van der Waals surface area contributed by atoms with Gasteiger partial charge in [-0.05, 0) is 35.4 Å². The van der Waals surface area contributed by atoms with Crippen LogP contribution < -0.4 is 15.5 Å². The van der Waals surface area contributed by atoms with E-state index in [9.17, 15) is 24.1 Å². The third-order valence-electron chi connectivity index (χ3n) is 6.13. The summed E-state index contributed by atoms with van der Waals surface area (Å²) in [5.41, 5.74) is 1.01. The van der Waals surface area contributed by atoms with Crippen molar-refractivity contribution >= 4 is 17.7 Å². The fourth-order valence-corrected chi connectivity index (χ4v) is 4.64. The number of hydrogen-bond acceptors (Lipinski definition) is 7. The summed E-state index contributed by atoms with van der Waals surface area (Å²) in [6.07, 6.45) is -0.108. The molecule has 166 valence electrons. The molecule has 3 fully saturated rings. The molecule has 4 atom stereocenters. The smallest absolute Gasteiger partial charge is 0.414 e. The van der Waals surface area contributed by atoms with Crippen LogP contribution in [0.4, 0.5) is 14.9 Å². The summed E-state index contributed by atoms with van der Waals surface area (Å²) >= 11 is 0. The molecule has 1 aliphatic carbocycles. The highest BCUT2D eigenvalue weighted by molar-refractivity contribution is 5.89. The lowest BCUT2D eigenvalue weighted by molar-refractivity contribution is -0.404. The first kappa shape index (κ1) is 20.9. The zero-order chi connectivity index (χ0) is 22.3. The standard InChI is InChI=1S/C20H24FN5O5/c1-11(27)23-6-13-7-25(20(28)31-13)12-3-4-14(17(21)5-12)19-15-8-24(9-16(15)19)18(22-2)10-26(29)30/h3-5,10,13,15-16,19,22H,6-9H2,1-2H3,(H,23,27)/b18-10+/t13-,15-,16+,19+/m0/s1. The first-order valence-corrected chi connectivity index (χ1v) is 10.1. The number of likely N-dealkylation sites (tertiary alicyclic amines) is 1. The van der Waals surface area contributed by atoms with Crippen LogP contribution in [0.15, 0.2) is 30.2 Å². The number of benzene rings is 1. The van der Waals surface area contributed by atoms with Gasteiger partial charge in [-0.3, -0.25) is 19.8 Å². The van der Waals surface area contributed by atoms with Gasteiger partial charge in [0.1, 0.15) is 11.9 Å². The number of carbonyl (C=O) groups excluding carboxylic acids is 2. The van der Waals surface area contributed by atoms with E-state index >= 15 is 0 Å². The maximum Gasteiger partial charge on any atom is 0.414 e. The molecule has 0 bridgehead atoms. The highest BCUT2D eigenvalue weighted by Crippen LogP contribution is 2.59. The van der Waals surface area contributed by atoms with Gasteiger partial charge < -0.3 is 20.3 Å². The Labute approximate surface area is 178 Å². The van der Waals surface area contributed by atoms with Crippen molar-refractivity contribution in [3.05, 3.63) is 51.7 Å². The number of carbonyl (C=O) groups is 2. The number of hydrogen-bond donors (Lipinski definition) is 2. The predicted molar refractivity (Wildman–Crippen MR) is 108 cm³/mol. The van der Waals surface area contributed by atoms with Crippen molar-refractivity contribution in [1.82, 2.24) is 15.5 Å². The highest BCUT2D eigenvalue weighted by Gasteiger charge is 2.57. The lowest BCUT2D eigenvalue weighted by Crippen LogP contribution is -2.33. The van der Waals surface area contributed by atoms with E-state index in [1.807, 2.05) is 4.90 Å². The molecule has 2 N–H and O–H groups in total. The summed E-state index contributed by atoms with van der Waals surface area (Å²) < 4.78 is 20.1. The quantitative estimate of drug-likeness (QED) is 0.491. The predicted octanol–water partition coefficient (Wildman–Crippen LogP) is 1.23. The van der Waals surface area contributed by atoms with Gasteiger partial charge in [-0.1, -0.05) is 6.07 Å². The van der Waals surface area contributed by atoms with Crippen LogP contribution in [-0.2, 0) is 9.53 Å². The molecule has 0 unspecified atom stereocenters. The maximum atomic E-state index is 14.9. The summed E-state index contributed by atoms with van der Waals surface area (Å²) in [4.78, 5) is 36.7. The van der Waals surface area contributed by atoms with Crippen molar-refractivity contribution in [2.45, 2.75) is 18.9 Å². The first-order valence-electron chi connectivity index (χ1n) is 10.1. The molecule has 2 heterocycles. The second kappa shape index (κ2) is 8.05. The van der Waals surface area contributed by atoms with E-state index in [2.05, 4.69) is 10.6 Å². The Morgan fingerprint density at radius 3 is 2.65 bits per heavy atom. The lowest BCUT2D eigenvalue weighted by Gasteiger charge is -2.23. The third-order valence-corrected chi connectivity index (χ3v) is 6.13. The fraction of sp³-hybridized carbons (Fsp3) is 0.500. The van der Waals surface area contributed by atoms with Gasteiger partial charge in [0, 0.05) is 27.1 Å². The molecule has 0 aromatic heterocycles. The maximum absolute atomic E-state index is 14.9. The molecule has 2 saturated heterocycles. The molecule has 1 aromatic rings. The number of cyclic esters (lactones) is 1. The van der Waals surface area contributed by atoms with Crippen molar-refractivity contribution in [3.63, 3.8) is 0 Å². The van der Waals surface area contributed by atoms with Crippen LogP contribution in [0.25, 0.3) is 0 Å². The number of rotatable bonds is 7. The second-order valence-corrected chi connectivity index (χ2v) is 8.07. The van der Waals surface area contributed by atoms with Crippen LogP contribution in [0.5, 0.6) is 0 Å². The van der Waals surface area contributed by atoms with Gasteiger partial charge in [0.2, 0.25) is 5.91 Å². The normalized spacial score (nSPS) is 27.1. The summed E-state index contributed by atoms with van der Waals surface area (Å²) in [6, 6.07) is 4.76. The largest absolute Gasteiger partial charge is 0.442 e. The number of amides is 2. The van der Waals surface area contributed by atoms with Gasteiger partial charge in [0.25, 0.3) is 6.20 Å². The number of anilines is 1. The van der Waals surface area contributed by atoms with Crippen molar-refractivity contribution in [3.8, 4) is 0 Å². The molecular formula is C20H24FN5O5. The summed E-state index contributed by atoms with van der Waals surface area (Å²) in [5.74, 6) is 0.404. The summed E-state index contributed by atoms with van der Waals surface area (Å²) in [7, 11) is 1.64. The Morgan fingerprint density at radius 1 is 1.35 bits per heavy atom. The highest BCUT2D eigenvalue weighted by atomic mass is 19.1. The summed E-state index contributed by atoms with van der Waals surface area (Å²) in [6.45, 7) is 3.07. The van der Waals surface area contributed by atoms with Crippen LogP contribution in [0.1, 0.15) is 18.4 Å². The third kappa shape index (κ3) is 4.12. The van der Waals surface area contributed by atoms with Gasteiger partial charge in [0.15, 0.2) is 5.82 Å². The molecule has 1 saturated carbocycles. The molecule has 1 aromatic carbocycles. The van der Waals surface area contributed by atoms with Crippen LogP contribution in [-0.4, -0.2) is 61.2 Å². The Morgan fingerprint density at radius 2 is 2.06 bits per heavy atom. The summed E-state index contributed by atoms with van der Waals surface area (Å²) in [5, 5.41) is 16.2. The minimum atomic E-state index is -0.571. The molecule has 3 aliphatic rings. The molecule has 11 heteroatoms. The van der Waals surface area contributed by atoms with E-state index in [1.165, 1.54) is 17.9 Å². The van der Waals surface area contributed by atoms with Crippen LogP contribution in [0.2, 0.25) is 0 Å². The van der Waals surface area contributed by atoms with Crippen LogP contribution in [0, 0.1) is 27.8 Å². The molecule has 2 amide bonds. The van der Waals surface area contributed by atoms with Crippen LogP contribution >= 0.6 is 0 Å². The molecule has 2 aliphatic heterocycles. The number of nitrogens with one attached hydrogen (secondary N) is 2. The van der Waals surface area contributed by atoms with E-state index < -0.39 is 17.1 Å². The SMILES string of the molecule is CN/C(=C\[N+](=O)[O-])N1C[C@@H]2[C@H](C1)[C@H]2c1ccc(N2C[C@H](CNC(C)=O)OC2=O)cc1F. The Hall–Kier alpha value is -3.37. The second-order valence-electron chi connectivity index (χ2n) is 8.07. The zero-order valence-electron chi connectivity index (χ0n) is 17.2. The number of nitrogens with zero attached hydrogens (tertiary/aromatic N) is 3. The monoisotopic (exact) mass is 433 g/mol. The van der Waals surface area contributed by atoms with E-state index in [0.29, 0.717) is 30.2 Å². The van der Waals surface area contributed by atoms with Gasteiger partial charge >= 0.3 is 6.09 Å². The molecule has 10 nitrogen and oxygen atoms in total. The topological polar surface area (TPSA) is 117 Å². The lowest BCUT2D eigenvalue weighted by atomic mass is 10.0. The Balaban J connectivity index is 1.40. The Kier molecular flexibility index (Phi) is 5.42. The first-order chi connectivity index (χ1) is 14.8. The molecule has 0 radical (unpaired) electrons. The fourth-order valence-electron chi connectivity index (χ4n) is 4.64. The number of ether oxygens (including phenoxy) is 1. The van der Waals surface area contributed by atoms with Gasteiger partial charge in [0.05, 0.1) is 23.7 Å². The molecular weight excluding hydrogens is 409 g/mol. The van der Waals surface area contributed by atoms with Crippen molar-refractivity contribution in [2.24, 2.45) is 11.8 Å². The van der Waals surface area contributed by atoms with E-state index in [-0.39, 0.29) is 42.6 Å². The van der Waals surface area contributed by atoms with Crippen molar-refractivity contribution in [2.75, 3.05) is 38.1 Å². The van der Waals surface area contributed by atoms with Crippen molar-refractivity contribution in [1.29, 1.82) is 0 Å². The van der Waals surface area contributed by atoms with Gasteiger partial charge in [-0.15, -0.1) is 0 Å². The molecule has 31 heavy (non-hydrogen) atoms. The average Bonchev–Trinajstić information content (AvgIpc) is 3.03. The molecule has 4 rings (SSSR count). The number of piperidine rings is 1. The average molecular weight is 433 g/mol. The van der Waals surface area contributed by atoms with Gasteiger partial charge in [-0.25, -0.2) is 9.18 Å². The number of nitro groups is 1. The number of fused-ring (bicyclic) bond motifs is 1. The number of halogens is 1. The van der Waals surface area contributed by atoms with E-state index in [1.54, 1.807) is 19.2 Å². The van der Waals surface area contributed by atoms with Crippen molar-refractivity contribution < 1.29 is 23.6 Å².